The maximum absolute atomic E-state index is 3.63. The third kappa shape index (κ3) is 6.42. The Morgan fingerprint density at radius 3 is 2.00 bits per heavy atom. The summed E-state index contributed by atoms with van der Waals surface area (Å²) in [6.07, 6.45) is 3.79. The molecule has 0 aromatic carbocycles. The van der Waals surface area contributed by atoms with Gasteiger partial charge in [-0.25, -0.2) is 0 Å². The van der Waals surface area contributed by atoms with Gasteiger partial charge in [-0.1, -0.05) is 41.5 Å². The van der Waals surface area contributed by atoms with Crippen molar-refractivity contribution in [3.8, 4) is 0 Å². The smallest absolute Gasteiger partial charge is 0.00498 e. The summed E-state index contributed by atoms with van der Waals surface area (Å²) in [4.78, 5) is 2.61. The lowest BCUT2D eigenvalue weighted by atomic mass is 9.81. The number of hydrogen-bond donors (Lipinski definition) is 1. The first-order chi connectivity index (χ1) is 8.03. The van der Waals surface area contributed by atoms with Gasteiger partial charge in [0.25, 0.3) is 0 Å². The SMILES string of the molecule is CCCN(CC)CC(CC)(CC)CNC(C)C. The second kappa shape index (κ2) is 8.93. The fraction of sp³-hybridized carbons (Fsp3) is 1.00. The van der Waals surface area contributed by atoms with Crippen LogP contribution in [0.4, 0.5) is 0 Å². The second-order valence-electron chi connectivity index (χ2n) is 5.61. The van der Waals surface area contributed by atoms with Crippen LogP contribution in [0.2, 0.25) is 0 Å². The molecule has 0 aromatic rings. The van der Waals surface area contributed by atoms with Gasteiger partial charge in [0.15, 0.2) is 0 Å². The van der Waals surface area contributed by atoms with Gasteiger partial charge in [0.2, 0.25) is 0 Å². The molecule has 0 aliphatic rings. The van der Waals surface area contributed by atoms with Crippen molar-refractivity contribution < 1.29 is 0 Å². The summed E-state index contributed by atoms with van der Waals surface area (Å²) >= 11 is 0. The van der Waals surface area contributed by atoms with Crippen LogP contribution in [0.25, 0.3) is 0 Å². The van der Waals surface area contributed by atoms with E-state index in [1.54, 1.807) is 0 Å². The highest BCUT2D eigenvalue weighted by molar-refractivity contribution is 4.83. The van der Waals surface area contributed by atoms with Gasteiger partial charge in [-0.2, -0.15) is 0 Å². The summed E-state index contributed by atoms with van der Waals surface area (Å²) in [5.41, 5.74) is 0.454. The normalized spacial score (nSPS) is 12.7. The molecular formula is C15H34N2. The van der Waals surface area contributed by atoms with Crippen molar-refractivity contribution in [1.29, 1.82) is 0 Å². The molecule has 0 aromatic heterocycles. The molecule has 0 fully saturated rings. The Kier molecular flexibility index (Phi) is 8.89. The predicted molar refractivity (Wildman–Crippen MR) is 78.6 cm³/mol. The van der Waals surface area contributed by atoms with E-state index in [2.05, 4.69) is 51.8 Å². The summed E-state index contributed by atoms with van der Waals surface area (Å²) in [5, 5.41) is 3.63. The van der Waals surface area contributed by atoms with E-state index in [4.69, 9.17) is 0 Å². The average Bonchev–Trinajstić information content (AvgIpc) is 2.33. The highest BCUT2D eigenvalue weighted by atomic mass is 15.1. The first kappa shape index (κ1) is 16.9. The molecule has 0 aliphatic heterocycles. The lowest BCUT2D eigenvalue weighted by Gasteiger charge is -2.37. The van der Waals surface area contributed by atoms with Crippen LogP contribution in [0.3, 0.4) is 0 Å². The zero-order valence-corrected chi connectivity index (χ0v) is 13.0. The van der Waals surface area contributed by atoms with E-state index < -0.39 is 0 Å². The topological polar surface area (TPSA) is 15.3 Å². The maximum atomic E-state index is 3.63. The van der Waals surface area contributed by atoms with E-state index >= 15 is 0 Å². The van der Waals surface area contributed by atoms with E-state index in [-0.39, 0.29) is 0 Å². The fourth-order valence-corrected chi connectivity index (χ4v) is 2.34. The van der Waals surface area contributed by atoms with Crippen molar-refractivity contribution in [3.05, 3.63) is 0 Å². The number of nitrogens with zero attached hydrogens (tertiary/aromatic N) is 1. The zero-order valence-electron chi connectivity index (χ0n) is 13.0. The Morgan fingerprint density at radius 2 is 1.65 bits per heavy atom. The molecule has 0 aliphatic carbocycles. The van der Waals surface area contributed by atoms with E-state index in [0.29, 0.717) is 11.5 Å². The average molecular weight is 242 g/mol. The lowest BCUT2D eigenvalue weighted by Crippen LogP contribution is -2.45. The zero-order chi connectivity index (χ0) is 13.3. The molecule has 0 bridgehead atoms. The number of nitrogens with one attached hydrogen (secondary N) is 1. The molecule has 0 unspecified atom stereocenters. The third-order valence-corrected chi connectivity index (χ3v) is 3.93. The van der Waals surface area contributed by atoms with Crippen LogP contribution in [0.5, 0.6) is 0 Å². The van der Waals surface area contributed by atoms with Crippen molar-refractivity contribution in [2.45, 2.75) is 66.8 Å². The Labute approximate surface area is 109 Å². The van der Waals surface area contributed by atoms with Gasteiger partial charge in [0.05, 0.1) is 0 Å². The van der Waals surface area contributed by atoms with Crippen LogP contribution in [0.1, 0.15) is 60.8 Å². The molecule has 1 N–H and O–H groups in total. The largest absolute Gasteiger partial charge is 0.314 e. The number of hydrogen-bond acceptors (Lipinski definition) is 2. The Morgan fingerprint density at radius 1 is 1.06 bits per heavy atom. The van der Waals surface area contributed by atoms with Crippen LogP contribution >= 0.6 is 0 Å². The lowest BCUT2D eigenvalue weighted by molar-refractivity contribution is 0.136. The molecule has 17 heavy (non-hydrogen) atoms. The van der Waals surface area contributed by atoms with E-state index in [0.717, 1.165) is 6.54 Å². The maximum Gasteiger partial charge on any atom is 0.00498 e. The summed E-state index contributed by atoms with van der Waals surface area (Å²) in [6.45, 7) is 18.5. The Balaban J connectivity index is 4.45. The van der Waals surface area contributed by atoms with Crippen LogP contribution in [-0.2, 0) is 0 Å². The van der Waals surface area contributed by atoms with Crippen LogP contribution < -0.4 is 5.32 Å². The molecule has 0 saturated heterocycles. The van der Waals surface area contributed by atoms with Gasteiger partial charge < -0.3 is 10.2 Å². The van der Waals surface area contributed by atoms with Gasteiger partial charge in [-0.15, -0.1) is 0 Å². The molecule has 0 amide bonds. The highest BCUT2D eigenvalue weighted by Gasteiger charge is 2.28. The van der Waals surface area contributed by atoms with Crippen molar-refractivity contribution in [2.75, 3.05) is 26.2 Å². The summed E-state index contributed by atoms with van der Waals surface area (Å²) in [6, 6.07) is 0.591. The standard InChI is InChI=1S/C15H34N2/c1-7-11-17(10-4)13-15(8-2,9-3)12-16-14(5)6/h14,16H,7-13H2,1-6H3. The van der Waals surface area contributed by atoms with Crippen molar-refractivity contribution in [2.24, 2.45) is 5.41 Å². The second-order valence-corrected chi connectivity index (χ2v) is 5.61. The molecule has 104 valence electrons. The first-order valence-corrected chi connectivity index (χ1v) is 7.49. The van der Waals surface area contributed by atoms with Gasteiger partial charge in [0, 0.05) is 19.1 Å². The molecule has 0 rings (SSSR count). The Bertz CT molecular complexity index is 174. The van der Waals surface area contributed by atoms with E-state index in [1.165, 1.54) is 38.9 Å². The quantitative estimate of drug-likeness (QED) is 0.630. The molecule has 0 heterocycles. The highest BCUT2D eigenvalue weighted by Crippen LogP contribution is 2.27. The minimum Gasteiger partial charge on any atom is -0.314 e. The Hall–Kier alpha value is -0.0800. The first-order valence-electron chi connectivity index (χ1n) is 7.49. The van der Waals surface area contributed by atoms with Crippen molar-refractivity contribution >= 4 is 0 Å². The third-order valence-electron chi connectivity index (χ3n) is 3.93. The summed E-state index contributed by atoms with van der Waals surface area (Å²) in [5.74, 6) is 0. The molecule has 0 radical (unpaired) electrons. The summed E-state index contributed by atoms with van der Waals surface area (Å²) in [7, 11) is 0. The van der Waals surface area contributed by atoms with Crippen molar-refractivity contribution in [3.63, 3.8) is 0 Å². The molecule has 0 saturated carbocycles. The van der Waals surface area contributed by atoms with E-state index in [1.807, 2.05) is 0 Å². The number of rotatable bonds is 10. The van der Waals surface area contributed by atoms with Gasteiger partial charge in [0.1, 0.15) is 0 Å². The molecule has 2 heteroatoms. The molecule has 2 nitrogen and oxygen atoms in total. The van der Waals surface area contributed by atoms with Crippen molar-refractivity contribution in [1.82, 2.24) is 10.2 Å². The van der Waals surface area contributed by atoms with Crippen LogP contribution in [-0.4, -0.2) is 37.1 Å². The monoisotopic (exact) mass is 242 g/mol. The summed E-state index contributed by atoms with van der Waals surface area (Å²) < 4.78 is 0. The van der Waals surface area contributed by atoms with Gasteiger partial charge in [-0.05, 0) is 37.8 Å². The van der Waals surface area contributed by atoms with Gasteiger partial charge >= 0.3 is 0 Å². The van der Waals surface area contributed by atoms with Crippen LogP contribution in [0, 0.1) is 5.41 Å². The molecule has 0 atom stereocenters. The van der Waals surface area contributed by atoms with Crippen LogP contribution in [0.15, 0.2) is 0 Å². The van der Waals surface area contributed by atoms with Gasteiger partial charge in [-0.3, -0.25) is 0 Å². The minimum absolute atomic E-state index is 0.454. The molecular weight excluding hydrogens is 208 g/mol. The van der Waals surface area contributed by atoms with E-state index in [9.17, 15) is 0 Å². The fourth-order valence-electron chi connectivity index (χ4n) is 2.34. The minimum atomic E-state index is 0.454. The predicted octanol–water partition coefficient (Wildman–Crippen LogP) is 3.52. The molecule has 0 spiro atoms.